The molecule has 1 aliphatic heterocycles. The first-order valence-electron chi connectivity index (χ1n) is 7.05. The first-order valence-corrected chi connectivity index (χ1v) is 7.05. The van der Waals surface area contributed by atoms with Crippen LogP contribution in [0.15, 0.2) is 60.7 Å². The van der Waals surface area contributed by atoms with Crippen LogP contribution in [0.4, 0.5) is 0 Å². The molecule has 0 N–H and O–H groups in total. The van der Waals surface area contributed by atoms with Gasteiger partial charge in [-0.3, -0.25) is 0 Å². The maximum atomic E-state index is 12.6. The molecule has 2 aromatic rings. The Labute approximate surface area is 128 Å². The fourth-order valence-corrected chi connectivity index (χ4v) is 2.61. The minimum atomic E-state index is -1.44. The second-order valence-electron chi connectivity index (χ2n) is 5.70. The lowest BCUT2D eigenvalue weighted by Crippen LogP contribution is -2.57. The summed E-state index contributed by atoms with van der Waals surface area (Å²) in [5, 5.41) is 0. The van der Waals surface area contributed by atoms with Gasteiger partial charge in [-0.05, 0) is 25.0 Å². The molecular weight excluding hydrogens is 280 g/mol. The molecule has 0 radical (unpaired) electrons. The van der Waals surface area contributed by atoms with Crippen LogP contribution in [0.3, 0.4) is 0 Å². The van der Waals surface area contributed by atoms with Crippen molar-refractivity contribution in [1.29, 1.82) is 0 Å². The number of rotatable bonds is 2. The number of hydrogen-bond donors (Lipinski definition) is 0. The Hall–Kier alpha value is -2.46. The second kappa shape index (κ2) is 5.07. The van der Waals surface area contributed by atoms with Crippen molar-refractivity contribution in [3.8, 4) is 0 Å². The Balaban J connectivity index is 2.25. The first kappa shape index (κ1) is 14.5. The normalized spacial score (nSPS) is 19.5. The van der Waals surface area contributed by atoms with Crippen molar-refractivity contribution in [1.82, 2.24) is 0 Å². The minimum Gasteiger partial charge on any atom is -0.388 e. The molecule has 1 heterocycles. The van der Waals surface area contributed by atoms with E-state index in [1.54, 1.807) is 38.1 Å². The van der Waals surface area contributed by atoms with Crippen LogP contribution in [0.2, 0.25) is 0 Å². The van der Waals surface area contributed by atoms with Crippen LogP contribution in [-0.2, 0) is 24.7 Å². The van der Waals surface area contributed by atoms with Gasteiger partial charge in [0, 0.05) is 0 Å². The van der Waals surface area contributed by atoms with E-state index in [1.807, 2.05) is 36.4 Å². The van der Waals surface area contributed by atoms with Gasteiger partial charge in [0.05, 0.1) is 0 Å². The van der Waals surface area contributed by atoms with Crippen molar-refractivity contribution in [3.63, 3.8) is 0 Å². The third kappa shape index (κ3) is 2.12. The molecule has 0 spiro atoms. The number of cyclic esters (lactones) is 2. The monoisotopic (exact) mass is 296 g/mol. The number of benzene rings is 2. The van der Waals surface area contributed by atoms with E-state index in [0.717, 1.165) is 0 Å². The Morgan fingerprint density at radius 2 is 1.18 bits per heavy atom. The van der Waals surface area contributed by atoms with Gasteiger partial charge in [0.2, 0.25) is 5.60 Å². The van der Waals surface area contributed by atoms with E-state index >= 15 is 0 Å². The van der Waals surface area contributed by atoms with E-state index in [2.05, 4.69) is 0 Å². The van der Waals surface area contributed by atoms with Gasteiger partial charge in [-0.1, -0.05) is 60.7 Å². The van der Waals surface area contributed by atoms with E-state index in [0.29, 0.717) is 11.1 Å². The Morgan fingerprint density at radius 1 is 0.727 bits per heavy atom. The fourth-order valence-electron chi connectivity index (χ4n) is 2.61. The lowest BCUT2D eigenvalue weighted by Gasteiger charge is -2.42. The van der Waals surface area contributed by atoms with Crippen LogP contribution in [0.1, 0.15) is 25.0 Å². The van der Waals surface area contributed by atoms with Gasteiger partial charge in [0.1, 0.15) is 0 Å². The van der Waals surface area contributed by atoms with Crippen LogP contribution in [0.5, 0.6) is 0 Å². The summed E-state index contributed by atoms with van der Waals surface area (Å²) in [6.45, 7) is 3.20. The van der Waals surface area contributed by atoms with Crippen LogP contribution in [0.25, 0.3) is 0 Å². The van der Waals surface area contributed by atoms with E-state index in [9.17, 15) is 9.59 Å². The van der Waals surface area contributed by atoms with Gasteiger partial charge in [-0.25, -0.2) is 9.59 Å². The molecule has 0 bridgehead atoms. The van der Waals surface area contributed by atoms with Crippen molar-refractivity contribution >= 4 is 11.9 Å². The molecule has 4 nitrogen and oxygen atoms in total. The minimum absolute atomic E-state index is 0.631. The average Bonchev–Trinajstić information content (AvgIpc) is 2.53. The summed E-state index contributed by atoms with van der Waals surface area (Å²) < 4.78 is 11.1. The molecule has 4 heteroatoms. The highest BCUT2D eigenvalue weighted by Gasteiger charge is 2.56. The molecule has 0 aromatic heterocycles. The highest BCUT2D eigenvalue weighted by Crippen LogP contribution is 2.42. The van der Waals surface area contributed by atoms with Gasteiger partial charge in [-0.15, -0.1) is 0 Å². The Kier molecular flexibility index (Phi) is 3.34. The molecule has 22 heavy (non-hydrogen) atoms. The Morgan fingerprint density at radius 3 is 1.64 bits per heavy atom. The smallest absolute Gasteiger partial charge is 0.355 e. The SMILES string of the molecule is CC1(C)OC(c2ccccc2)(c2ccccc2)C(=O)OC1=O. The molecule has 1 fully saturated rings. The highest BCUT2D eigenvalue weighted by atomic mass is 16.7. The zero-order valence-corrected chi connectivity index (χ0v) is 12.4. The number of ether oxygens (including phenoxy) is 2. The Bertz CT molecular complexity index is 665. The zero-order chi connectivity index (χ0) is 15.8. The third-order valence-electron chi connectivity index (χ3n) is 3.73. The highest BCUT2D eigenvalue weighted by molar-refractivity contribution is 5.99. The molecule has 0 atom stereocenters. The number of hydrogen-bond acceptors (Lipinski definition) is 4. The molecular formula is C18H16O4. The number of esters is 2. The molecule has 0 saturated carbocycles. The molecule has 2 aromatic carbocycles. The van der Waals surface area contributed by atoms with Crippen LogP contribution in [0, 0.1) is 0 Å². The number of carbonyl (C=O) groups excluding carboxylic acids is 2. The third-order valence-corrected chi connectivity index (χ3v) is 3.73. The standard InChI is InChI=1S/C18H16O4/c1-17(2)15(19)21-16(20)18(22-17,13-9-5-3-6-10-13)14-11-7-4-8-12-14/h3-12H,1-2H3. The maximum absolute atomic E-state index is 12.6. The maximum Gasteiger partial charge on any atom is 0.355 e. The topological polar surface area (TPSA) is 52.6 Å². The van der Waals surface area contributed by atoms with E-state index in [1.165, 1.54) is 0 Å². The van der Waals surface area contributed by atoms with Crippen molar-refractivity contribution < 1.29 is 19.1 Å². The van der Waals surface area contributed by atoms with E-state index in [4.69, 9.17) is 9.47 Å². The summed E-state index contributed by atoms with van der Waals surface area (Å²) in [5.74, 6) is -1.39. The molecule has 1 saturated heterocycles. The first-order chi connectivity index (χ1) is 10.5. The van der Waals surface area contributed by atoms with Crippen molar-refractivity contribution in [2.24, 2.45) is 0 Å². The van der Waals surface area contributed by atoms with E-state index < -0.39 is 23.1 Å². The molecule has 112 valence electrons. The molecule has 0 aliphatic carbocycles. The zero-order valence-electron chi connectivity index (χ0n) is 12.4. The molecule has 3 rings (SSSR count). The summed E-state index contributed by atoms with van der Waals surface area (Å²) in [6.07, 6.45) is 0. The predicted molar refractivity (Wildman–Crippen MR) is 79.9 cm³/mol. The summed E-state index contributed by atoms with van der Waals surface area (Å²) in [4.78, 5) is 24.6. The van der Waals surface area contributed by atoms with Crippen LogP contribution >= 0.6 is 0 Å². The molecule has 0 unspecified atom stereocenters. The van der Waals surface area contributed by atoms with Gasteiger partial charge in [0.15, 0.2) is 5.60 Å². The molecule has 1 aliphatic rings. The van der Waals surface area contributed by atoms with Crippen molar-refractivity contribution in [2.75, 3.05) is 0 Å². The van der Waals surface area contributed by atoms with Gasteiger partial charge in [-0.2, -0.15) is 0 Å². The van der Waals surface area contributed by atoms with Crippen molar-refractivity contribution in [3.05, 3.63) is 71.8 Å². The summed E-state index contributed by atoms with van der Waals surface area (Å²) in [6, 6.07) is 18.2. The van der Waals surface area contributed by atoms with Gasteiger partial charge < -0.3 is 9.47 Å². The summed E-state index contributed by atoms with van der Waals surface area (Å²) in [5.41, 5.74) is -1.40. The van der Waals surface area contributed by atoms with Gasteiger partial charge >= 0.3 is 11.9 Å². The lowest BCUT2D eigenvalue weighted by molar-refractivity contribution is -0.223. The van der Waals surface area contributed by atoms with Crippen LogP contribution in [-0.4, -0.2) is 17.5 Å². The molecule has 0 amide bonds. The van der Waals surface area contributed by atoms with Crippen LogP contribution < -0.4 is 0 Å². The fraction of sp³-hybridized carbons (Fsp3) is 0.222. The average molecular weight is 296 g/mol. The second-order valence-corrected chi connectivity index (χ2v) is 5.70. The quantitative estimate of drug-likeness (QED) is 0.631. The predicted octanol–water partition coefficient (Wildman–Crippen LogP) is 2.81. The summed E-state index contributed by atoms with van der Waals surface area (Å²) in [7, 11) is 0. The van der Waals surface area contributed by atoms with Gasteiger partial charge in [0.25, 0.3) is 0 Å². The lowest BCUT2D eigenvalue weighted by atomic mass is 9.84. The number of carbonyl (C=O) groups is 2. The van der Waals surface area contributed by atoms with Crippen molar-refractivity contribution in [2.45, 2.75) is 25.0 Å². The largest absolute Gasteiger partial charge is 0.388 e. The summed E-state index contributed by atoms with van der Waals surface area (Å²) >= 11 is 0. The van der Waals surface area contributed by atoms with E-state index in [-0.39, 0.29) is 0 Å².